The Morgan fingerprint density at radius 1 is 1.00 bits per heavy atom. The van der Waals surface area contributed by atoms with E-state index in [4.69, 9.17) is 14.7 Å². The molecule has 3 aromatic heterocycles. The molecule has 6 rings (SSSR count). The minimum Gasteiger partial charge on any atom is -0.493 e. The molecule has 1 aliphatic heterocycles. The van der Waals surface area contributed by atoms with E-state index in [1.807, 2.05) is 60.0 Å². The standard InChI is InChI=1S/C27H22FN5O/c1-17-19(8-5-12-29-17)22-15-31-27(30-14-21-20-11-13-34-24(20)10-9-23(21)28)33-16-32-25(26(22)33)18-6-3-2-4-7-18/h2-10,12,15-16H,11,13-14H2,1H3,(H,30,31). The molecule has 0 bridgehead atoms. The lowest BCUT2D eigenvalue weighted by molar-refractivity contribution is 0.356. The van der Waals surface area contributed by atoms with Crippen LogP contribution in [0.3, 0.4) is 0 Å². The Labute approximate surface area is 196 Å². The van der Waals surface area contributed by atoms with E-state index in [1.54, 1.807) is 18.6 Å². The third kappa shape index (κ3) is 3.37. The molecule has 0 fully saturated rings. The third-order valence-corrected chi connectivity index (χ3v) is 6.28. The van der Waals surface area contributed by atoms with Crippen LogP contribution >= 0.6 is 0 Å². The van der Waals surface area contributed by atoms with Gasteiger partial charge in [-0.15, -0.1) is 0 Å². The third-order valence-electron chi connectivity index (χ3n) is 6.28. The van der Waals surface area contributed by atoms with Gasteiger partial charge in [0.15, 0.2) is 0 Å². The second-order valence-electron chi connectivity index (χ2n) is 8.26. The first-order chi connectivity index (χ1) is 16.7. The van der Waals surface area contributed by atoms with Gasteiger partial charge in [-0.05, 0) is 25.1 Å². The van der Waals surface area contributed by atoms with E-state index in [0.29, 0.717) is 31.1 Å². The number of imidazole rings is 1. The number of nitrogens with zero attached hydrogens (tertiary/aromatic N) is 4. The van der Waals surface area contributed by atoms with Gasteiger partial charge in [0, 0.05) is 58.9 Å². The number of benzene rings is 2. The van der Waals surface area contributed by atoms with Crippen molar-refractivity contribution < 1.29 is 9.13 Å². The van der Waals surface area contributed by atoms with Crippen LogP contribution in [-0.2, 0) is 13.0 Å². The highest BCUT2D eigenvalue weighted by atomic mass is 19.1. The molecule has 4 heterocycles. The van der Waals surface area contributed by atoms with Gasteiger partial charge in [-0.25, -0.2) is 14.4 Å². The predicted octanol–water partition coefficient (Wildman–Crippen LogP) is 5.45. The predicted molar refractivity (Wildman–Crippen MR) is 129 cm³/mol. The van der Waals surface area contributed by atoms with Crippen LogP contribution in [0.15, 0.2) is 73.3 Å². The number of halogens is 1. The van der Waals surface area contributed by atoms with Gasteiger partial charge < -0.3 is 10.1 Å². The number of hydrogen-bond acceptors (Lipinski definition) is 5. The van der Waals surface area contributed by atoms with Crippen molar-refractivity contribution in [3.63, 3.8) is 0 Å². The van der Waals surface area contributed by atoms with Crippen LogP contribution in [0, 0.1) is 12.7 Å². The number of hydrogen-bond donors (Lipinski definition) is 1. The van der Waals surface area contributed by atoms with Crippen LogP contribution < -0.4 is 10.1 Å². The number of aryl methyl sites for hydroxylation is 1. The number of ether oxygens (including phenoxy) is 1. The number of aromatic nitrogens is 4. The van der Waals surface area contributed by atoms with E-state index in [0.717, 1.165) is 44.9 Å². The van der Waals surface area contributed by atoms with Crippen LogP contribution in [0.5, 0.6) is 5.75 Å². The molecule has 0 atom stereocenters. The maximum absolute atomic E-state index is 14.7. The Kier molecular flexibility index (Phi) is 4.95. The SMILES string of the molecule is Cc1ncccc1-c1cnc(NCc2c(F)ccc3c2CCO3)n2cnc(-c3ccccc3)c12. The molecular formula is C27H22FN5O. The first-order valence-corrected chi connectivity index (χ1v) is 11.2. The van der Waals surface area contributed by atoms with Crippen LogP contribution in [0.4, 0.5) is 10.3 Å². The summed E-state index contributed by atoms with van der Waals surface area (Å²) in [5, 5.41) is 3.33. The number of nitrogens with one attached hydrogen (secondary N) is 1. The van der Waals surface area contributed by atoms with Gasteiger partial charge in [0.05, 0.1) is 17.8 Å². The zero-order valence-corrected chi connectivity index (χ0v) is 18.6. The number of rotatable bonds is 5. The van der Waals surface area contributed by atoms with E-state index in [9.17, 15) is 4.39 Å². The maximum Gasteiger partial charge on any atom is 0.208 e. The summed E-state index contributed by atoms with van der Waals surface area (Å²) in [4.78, 5) is 13.9. The Hall–Kier alpha value is -4.26. The van der Waals surface area contributed by atoms with E-state index in [-0.39, 0.29) is 5.82 Å². The van der Waals surface area contributed by atoms with Crippen molar-refractivity contribution in [3.05, 3.63) is 96.0 Å². The highest BCUT2D eigenvalue weighted by Gasteiger charge is 2.21. The van der Waals surface area contributed by atoms with Gasteiger partial charge in [0.2, 0.25) is 5.95 Å². The Balaban J connectivity index is 1.48. The molecular weight excluding hydrogens is 429 g/mol. The zero-order valence-electron chi connectivity index (χ0n) is 18.6. The summed E-state index contributed by atoms with van der Waals surface area (Å²) < 4.78 is 22.2. The smallest absolute Gasteiger partial charge is 0.208 e. The second kappa shape index (κ2) is 8.26. The molecule has 0 unspecified atom stereocenters. The molecule has 0 radical (unpaired) electrons. The van der Waals surface area contributed by atoms with Crippen LogP contribution in [0.1, 0.15) is 16.8 Å². The quantitative estimate of drug-likeness (QED) is 0.385. The zero-order chi connectivity index (χ0) is 23.1. The average molecular weight is 452 g/mol. The lowest BCUT2D eigenvalue weighted by atomic mass is 10.0. The topological polar surface area (TPSA) is 64.3 Å². The van der Waals surface area contributed by atoms with E-state index in [1.165, 1.54) is 6.07 Å². The normalized spacial score (nSPS) is 12.5. The van der Waals surface area contributed by atoms with Gasteiger partial charge in [-0.2, -0.15) is 0 Å². The summed E-state index contributed by atoms with van der Waals surface area (Å²) in [6, 6.07) is 17.2. The molecule has 7 heteroatoms. The van der Waals surface area contributed by atoms with Gasteiger partial charge in [0.25, 0.3) is 0 Å². The van der Waals surface area contributed by atoms with Crippen LogP contribution in [0.2, 0.25) is 0 Å². The number of fused-ring (bicyclic) bond motifs is 2. The largest absolute Gasteiger partial charge is 0.493 e. The monoisotopic (exact) mass is 451 g/mol. The van der Waals surface area contributed by atoms with E-state index in [2.05, 4.69) is 10.3 Å². The van der Waals surface area contributed by atoms with E-state index >= 15 is 0 Å². The fourth-order valence-electron chi connectivity index (χ4n) is 4.59. The molecule has 34 heavy (non-hydrogen) atoms. The van der Waals surface area contributed by atoms with Gasteiger partial charge >= 0.3 is 0 Å². The molecule has 0 amide bonds. The molecule has 1 N–H and O–H groups in total. The Bertz CT molecular complexity index is 1510. The fourth-order valence-corrected chi connectivity index (χ4v) is 4.59. The summed E-state index contributed by atoms with van der Waals surface area (Å²) in [6.45, 7) is 2.86. The molecule has 0 saturated heterocycles. The summed E-state index contributed by atoms with van der Waals surface area (Å²) >= 11 is 0. The van der Waals surface area contributed by atoms with Crippen LogP contribution in [-0.4, -0.2) is 26.0 Å². The first-order valence-electron chi connectivity index (χ1n) is 11.2. The van der Waals surface area contributed by atoms with E-state index < -0.39 is 0 Å². The van der Waals surface area contributed by atoms with Gasteiger partial charge in [0.1, 0.15) is 17.9 Å². The van der Waals surface area contributed by atoms with Crippen molar-refractivity contribution >= 4 is 11.5 Å². The molecule has 0 saturated carbocycles. The highest BCUT2D eigenvalue weighted by Crippen LogP contribution is 2.35. The number of pyridine rings is 1. The highest BCUT2D eigenvalue weighted by molar-refractivity contribution is 5.92. The van der Waals surface area contributed by atoms with Crippen molar-refractivity contribution in [1.82, 2.24) is 19.4 Å². The first kappa shape index (κ1) is 20.4. The minimum absolute atomic E-state index is 0.244. The summed E-state index contributed by atoms with van der Waals surface area (Å²) in [7, 11) is 0. The average Bonchev–Trinajstić information content (AvgIpc) is 3.52. The molecule has 1 aliphatic rings. The van der Waals surface area contributed by atoms with Crippen molar-refractivity contribution in [2.24, 2.45) is 0 Å². The Morgan fingerprint density at radius 3 is 2.74 bits per heavy atom. The molecule has 5 aromatic rings. The van der Waals surface area contributed by atoms with Crippen molar-refractivity contribution in [2.45, 2.75) is 19.9 Å². The maximum atomic E-state index is 14.7. The molecule has 2 aromatic carbocycles. The molecule has 0 spiro atoms. The minimum atomic E-state index is -0.244. The lowest BCUT2D eigenvalue weighted by Crippen LogP contribution is -2.09. The van der Waals surface area contributed by atoms with Crippen LogP contribution in [0.25, 0.3) is 27.9 Å². The van der Waals surface area contributed by atoms with Crippen molar-refractivity contribution in [3.8, 4) is 28.1 Å². The molecule has 6 nitrogen and oxygen atoms in total. The van der Waals surface area contributed by atoms with Gasteiger partial charge in [-0.3, -0.25) is 9.38 Å². The number of anilines is 1. The molecule has 0 aliphatic carbocycles. The molecule has 168 valence electrons. The lowest BCUT2D eigenvalue weighted by Gasteiger charge is -2.14. The van der Waals surface area contributed by atoms with Crippen molar-refractivity contribution in [2.75, 3.05) is 11.9 Å². The fraction of sp³-hybridized carbons (Fsp3) is 0.148. The summed E-state index contributed by atoms with van der Waals surface area (Å²) in [6.07, 6.45) is 6.08. The second-order valence-corrected chi connectivity index (χ2v) is 8.26. The Morgan fingerprint density at radius 2 is 1.88 bits per heavy atom. The van der Waals surface area contributed by atoms with Crippen molar-refractivity contribution in [1.29, 1.82) is 0 Å². The summed E-state index contributed by atoms with van der Waals surface area (Å²) in [5.41, 5.74) is 7.15. The van der Waals surface area contributed by atoms with Gasteiger partial charge in [-0.1, -0.05) is 36.4 Å². The summed E-state index contributed by atoms with van der Waals surface area (Å²) in [5.74, 6) is 1.10.